The van der Waals surface area contributed by atoms with Gasteiger partial charge in [0.1, 0.15) is 16.5 Å². The van der Waals surface area contributed by atoms with Crippen molar-refractivity contribution in [3.8, 4) is 10.4 Å². The third-order valence-electron chi connectivity index (χ3n) is 8.39. The summed E-state index contributed by atoms with van der Waals surface area (Å²) in [4.78, 5) is 43.6. The molecule has 5 rings (SSSR count). The van der Waals surface area contributed by atoms with Gasteiger partial charge in [-0.05, 0) is 48.0 Å². The maximum atomic E-state index is 15.0. The number of ketones is 1. The van der Waals surface area contributed by atoms with Crippen LogP contribution in [0.3, 0.4) is 0 Å². The summed E-state index contributed by atoms with van der Waals surface area (Å²) in [5.74, 6) is -3.46. The van der Waals surface area contributed by atoms with E-state index in [9.17, 15) is 28.3 Å². The number of hydrogen-bond acceptors (Lipinski definition) is 7. The van der Waals surface area contributed by atoms with Crippen molar-refractivity contribution in [1.82, 2.24) is 9.47 Å². The first kappa shape index (κ1) is 35.7. The normalized spacial score (nSPS) is 12.7. The van der Waals surface area contributed by atoms with Gasteiger partial charge in [-0.3, -0.25) is 19.3 Å². The number of rotatable bonds is 14. The number of amides is 1. The average molecular weight is 688 g/mol. The summed E-state index contributed by atoms with van der Waals surface area (Å²) in [6.45, 7) is 3.72. The number of nitrogens with one attached hydrogen (secondary N) is 1. The van der Waals surface area contributed by atoms with E-state index in [1.54, 1.807) is 23.6 Å². The molecule has 0 spiro atoms. The van der Waals surface area contributed by atoms with Gasteiger partial charge in [0.25, 0.3) is 0 Å². The minimum absolute atomic E-state index is 0.162. The lowest BCUT2D eigenvalue weighted by Gasteiger charge is -2.18. The number of ether oxygens (including phenoxy) is 1. The highest BCUT2D eigenvalue weighted by atomic mass is 32.1. The molecule has 49 heavy (non-hydrogen) atoms. The Morgan fingerprint density at radius 1 is 0.939 bits per heavy atom. The second-order valence-electron chi connectivity index (χ2n) is 12.3. The first-order valence-electron chi connectivity index (χ1n) is 15.9. The Bertz CT molecular complexity index is 1990. The van der Waals surface area contributed by atoms with E-state index in [0.717, 1.165) is 28.1 Å². The molecule has 2 N–H and O–H groups in total. The van der Waals surface area contributed by atoms with Crippen LogP contribution in [0, 0.1) is 23.5 Å². The van der Waals surface area contributed by atoms with Crippen LogP contribution in [0.2, 0.25) is 0 Å². The fraction of sp³-hybridized carbons (Fsp3) is 0.289. The fourth-order valence-corrected chi connectivity index (χ4v) is 6.98. The Balaban J connectivity index is 1.69. The third kappa shape index (κ3) is 8.02. The molecule has 2 unspecified atom stereocenters. The highest BCUT2D eigenvalue weighted by molar-refractivity contribution is 7.22. The van der Waals surface area contributed by atoms with Gasteiger partial charge in [-0.25, -0.2) is 8.78 Å². The molecule has 0 saturated carbocycles. The number of carbonyl (C=O) groups excluding carboxylic acids is 2. The molecule has 8 nitrogen and oxygen atoms in total. The van der Waals surface area contributed by atoms with Crippen molar-refractivity contribution in [3.05, 3.63) is 123 Å². The number of methoxy groups -OCH3 is 1. The van der Waals surface area contributed by atoms with Gasteiger partial charge < -0.3 is 19.7 Å². The number of hydrogen-bond donors (Lipinski definition) is 2. The predicted molar refractivity (Wildman–Crippen MR) is 189 cm³/mol. The first-order valence-corrected chi connectivity index (χ1v) is 16.7. The predicted octanol–water partition coefficient (Wildman–Crippen LogP) is 6.72. The lowest BCUT2D eigenvalue weighted by atomic mass is 9.98. The zero-order valence-electron chi connectivity index (χ0n) is 27.8. The average Bonchev–Trinajstić information content (AvgIpc) is 3.47. The minimum Gasteiger partial charge on any atom is -0.396 e. The lowest BCUT2D eigenvalue weighted by molar-refractivity contribution is -0.120. The fourth-order valence-electron chi connectivity index (χ4n) is 5.69. The molecule has 0 saturated heterocycles. The molecule has 0 aliphatic rings. The van der Waals surface area contributed by atoms with Crippen LogP contribution in [0.4, 0.5) is 14.5 Å². The van der Waals surface area contributed by atoms with Crippen LogP contribution in [0.1, 0.15) is 40.9 Å². The number of aliphatic hydroxyl groups is 1. The maximum Gasteiger partial charge on any atom is 0.229 e. The molecule has 3 aromatic carbocycles. The molecule has 2 heterocycles. The lowest BCUT2D eigenvalue weighted by Crippen LogP contribution is -2.26. The molecule has 5 aromatic rings. The second-order valence-corrected chi connectivity index (χ2v) is 13.3. The van der Waals surface area contributed by atoms with Gasteiger partial charge >= 0.3 is 0 Å². The summed E-state index contributed by atoms with van der Waals surface area (Å²) in [5.41, 5.74) is 2.18. The number of pyridine rings is 1. The third-order valence-corrected chi connectivity index (χ3v) is 9.70. The number of nitrogens with zero attached hydrogens (tertiary/aromatic N) is 2. The Morgan fingerprint density at radius 2 is 1.61 bits per heavy atom. The van der Waals surface area contributed by atoms with Gasteiger partial charge in [0, 0.05) is 48.4 Å². The smallest absolute Gasteiger partial charge is 0.229 e. The van der Waals surface area contributed by atoms with Gasteiger partial charge in [0.15, 0.2) is 5.78 Å². The molecular formula is C38H39F2N3O5S. The molecule has 0 radical (unpaired) electrons. The number of fused-ring (bicyclic) bond motifs is 1. The summed E-state index contributed by atoms with van der Waals surface area (Å²) in [5, 5.41) is 13.0. The van der Waals surface area contributed by atoms with Gasteiger partial charge in [0.2, 0.25) is 11.3 Å². The van der Waals surface area contributed by atoms with E-state index in [-0.39, 0.29) is 41.5 Å². The zero-order valence-corrected chi connectivity index (χ0v) is 28.7. The molecule has 0 bridgehead atoms. The van der Waals surface area contributed by atoms with E-state index in [4.69, 9.17) is 4.74 Å². The van der Waals surface area contributed by atoms with Crippen molar-refractivity contribution < 1.29 is 28.2 Å². The van der Waals surface area contributed by atoms with Gasteiger partial charge in [-0.2, -0.15) is 0 Å². The van der Waals surface area contributed by atoms with Crippen LogP contribution in [0.25, 0.3) is 20.7 Å². The zero-order chi connectivity index (χ0) is 35.2. The van der Waals surface area contributed by atoms with Crippen molar-refractivity contribution >= 4 is 38.9 Å². The van der Waals surface area contributed by atoms with Crippen LogP contribution < -0.4 is 10.7 Å². The quantitative estimate of drug-likeness (QED) is 0.126. The number of anilines is 1. The van der Waals surface area contributed by atoms with Crippen molar-refractivity contribution in [1.29, 1.82) is 0 Å². The molecule has 1 amide bonds. The van der Waals surface area contributed by atoms with Crippen molar-refractivity contribution in [2.24, 2.45) is 11.8 Å². The van der Waals surface area contributed by atoms with E-state index in [0.29, 0.717) is 29.2 Å². The number of aromatic nitrogens is 1. The van der Waals surface area contributed by atoms with Crippen molar-refractivity contribution in [2.75, 3.05) is 32.7 Å². The monoisotopic (exact) mass is 687 g/mol. The number of Topliss-reactive ketones (excluding diaryl/α,β-unsaturated/α-hetero) is 1. The van der Waals surface area contributed by atoms with Gasteiger partial charge in [-0.15, -0.1) is 11.3 Å². The maximum absolute atomic E-state index is 15.0. The van der Waals surface area contributed by atoms with Gasteiger partial charge in [-0.1, -0.05) is 62.4 Å². The van der Waals surface area contributed by atoms with E-state index >= 15 is 0 Å². The van der Waals surface area contributed by atoms with Crippen molar-refractivity contribution in [2.45, 2.75) is 33.5 Å². The summed E-state index contributed by atoms with van der Waals surface area (Å²) < 4.78 is 36.6. The van der Waals surface area contributed by atoms with Crippen molar-refractivity contribution in [3.63, 3.8) is 0 Å². The second kappa shape index (κ2) is 15.8. The van der Waals surface area contributed by atoms with Crippen LogP contribution in [-0.2, 0) is 29.2 Å². The number of benzene rings is 3. The summed E-state index contributed by atoms with van der Waals surface area (Å²) in [6.07, 6.45) is 1.35. The highest BCUT2D eigenvalue weighted by Crippen LogP contribution is 2.39. The Morgan fingerprint density at radius 3 is 2.24 bits per heavy atom. The Hall–Kier alpha value is -4.55. The molecule has 2 atom stereocenters. The molecular weight excluding hydrogens is 648 g/mol. The molecule has 0 aliphatic carbocycles. The summed E-state index contributed by atoms with van der Waals surface area (Å²) in [7, 11) is 3.46. The SMILES string of the molecule is COCC(C)C(=O)Nc1ccc(-c2sc3c(c2CN(C)Cc2ccccc2)c(=O)c(C(=O)C(C)CO)cn3Cc2c(F)cccc2F)cc1. The number of halogens is 2. The first-order chi connectivity index (χ1) is 23.5. The van der Waals surface area contributed by atoms with Crippen LogP contribution >= 0.6 is 11.3 Å². The topological polar surface area (TPSA) is 101 Å². The Labute approximate surface area is 287 Å². The molecule has 2 aromatic heterocycles. The minimum atomic E-state index is -0.861. The molecule has 0 fully saturated rings. The highest BCUT2D eigenvalue weighted by Gasteiger charge is 2.27. The van der Waals surface area contributed by atoms with E-state index in [2.05, 4.69) is 10.2 Å². The summed E-state index contributed by atoms with van der Waals surface area (Å²) >= 11 is 1.29. The van der Waals surface area contributed by atoms with E-state index < -0.39 is 35.4 Å². The molecule has 11 heteroatoms. The number of thiophene rings is 1. The van der Waals surface area contributed by atoms with Crippen LogP contribution in [0.15, 0.2) is 83.8 Å². The van der Waals surface area contributed by atoms with Gasteiger partial charge in [0.05, 0.1) is 36.6 Å². The standard InChI is InChI=1S/C38H39F2N3O5S/c1-23(21-44)34(45)30-20-43(19-28-31(39)11-8-12-32(28)40)38-33(35(30)46)29(18-42(3)17-25-9-6-5-7-10-25)36(49-38)26-13-15-27(16-14-26)41-37(47)24(2)22-48-4/h5-16,20,23-24,44H,17-19,21-22H2,1-4H3,(H,41,47). The molecule has 0 aliphatic heterocycles. The van der Waals surface area contributed by atoms with E-state index in [1.807, 2.05) is 49.5 Å². The molecule has 256 valence electrons. The summed E-state index contributed by atoms with van der Waals surface area (Å²) in [6, 6.07) is 20.7. The van der Waals surface area contributed by atoms with E-state index in [1.165, 1.54) is 37.6 Å². The van der Waals surface area contributed by atoms with Crippen LogP contribution in [0.5, 0.6) is 0 Å². The number of carbonyl (C=O) groups is 2. The largest absolute Gasteiger partial charge is 0.396 e. The number of aliphatic hydroxyl groups excluding tert-OH is 1. The van der Waals surface area contributed by atoms with Crippen LogP contribution in [-0.4, -0.2) is 53.6 Å². The Kier molecular flexibility index (Phi) is 11.5.